The van der Waals surface area contributed by atoms with Crippen molar-refractivity contribution in [3.8, 4) is 0 Å². The van der Waals surface area contributed by atoms with Gasteiger partial charge in [-0.2, -0.15) is 0 Å². The molecule has 20 heavy (non-hydrogen) atoms. The third kappa shape index (κ3) is 2.29. The van der Waals surface area contributed by atoms with Gasteiger partial charge in [0, 0.05) is 24.0 Å². The van der Waals surface area contributed by atoms with E-state index >= 15 is 0 Å². The summed E-state index contributed by atoms with van der Waals surface area (Å²) < 4.78 is 0. The van der Waals surface area contributed by atoms with Crippen LogP contribution >= 0.6 is 0 Å². The van der Waals surface area contributed by atoms with Gasteiger partial charge in [0.15, 0.2) is 0 Å². The van der Waals surface area contributed by atoms with Gasteiger partial charge < -0.3 is 5.32 Å². The smallest absolute Gasteiger partial charge is 0.136 e. The number of nitrogens with one attached hydrogen (secondary N) is 1. The van der Waals surface area contributed by atoms with Crippen LogP contribution in [-0.4, -0.2) is 21.7 Å². The molecule has 1 aliphatic rings. The van der Waals surface area contributed by atoms with E-state index in [1.807, 2.05) is 24.5 Å². The van der Waals surface area contributed by atoms with Gasteiger partial charge in [0.25, 0.3) is 0 Å². The van der Waals surface area contributed by atoms with E-state index in [9.17, 15) is 0 Å². The molecule has 2 aromatic heterocycles. The molecule has 0 atom stereocenters. The van der Waals surface area contributed by atoms with E-state index in [4.69, 9.17) is 0 Å². The number of hydrogen-bond donors (Lipinski definition) is 1. The molecule has 0 saturated heterocycles. The monoisotopic (exact) mass is 266 g/mol. The minimum atomic E-state index is 0.335. The van der Waals surface area contributed by atoms with E-state index in [1.54, 1.807) is 0 Å². The summed E-state index contributed by atoms with van der Waals surface area (Å²) in [4.78, 5) is 13.6. The number of pyridine rings is 2. The number of fused-ring (bicyclic) bond motifs is 1. The van der Waals surface area contributed by atoms with E-state index in [-0.39, 0.29) is 0 Å². The average molecular weight is 266 g/mol. The highest BCUT2D eigenvalue weighted by Crippen LogP contribution is 2.27. The van der Waals surface area contributed by atoms with Crippen molar-refractivity contribution in [3.63, 3.8) is 0 Å². The maximum atomic E-state index is 4.66. The van der Waals surface area contributed by atoms with Crippen LogP contribution in [0.5, 0.6) is 0 Å². The van der Waals surface area contributed by atoms with Crippen molar-refractivity contribution in [2.24, 2.45) is 4.99 Å². The maximum absolute atomic E-state index is 4.66. The molecule has 0 fully saturated rings. The minimum absolute atomic E-state index is 0.335. The van der Waals surface area contributed by atoms with Gasteiger partial charge >= 0.3 is 0 Å². The molecule has 3 heterocycles. The van der Waals surface area contributed by atoms with Crippen LogP contribution < -0.4 is 5.32 Å². The molecule has 4 heteroatoms. The molecule has 1 aliphatic heterocycles. The summed E-state index contributed by atoms with van der Waals surface area (Å²) in [6.45, 7) is 6.99. The summed E-state index contributed by atoms with van der Waals surface area (Å²) in [5.74, 6) is 0.900. The Hall–Kier alpha value is -2.23. The first kappa shape index (κ1) is 12.8. The summed E-state index contributed by atoms with van der Waals surface area (Å²) in [6.07, 6.45) is 3.67. The summed E-state index contributed by atoms with van der Waals surface area (Å²) in [5.41, 5.74) is 5.36. The number of aryl methyl sites for hydroxylation is 1. The molecule has 0 bridgehead atoms. The lowest BCUT2D eigenvalue weighted by molar-refractivity contribution is 0.887. The molecule has 0 saturated carbocycles. The summed E-state index contributed by atoms with van der Waals surface area (Å²) >= 11 is 0. The largest absolute Gasteiger partial charge is 0.367 e. The number of hydrogen-bond acceptors (Lipinski definition) is 4. The minimum Gasteiger partial charge on any atom is -0.367 e. The van der Waals surface area contributed by atoms with Crippen LogP contribution in [0.25, 0.3) is 0 Å². The zero-order valence-corrected chi connectivity index (χ0v) is 12.0. The van der Waals surface area contributed by atoms with Crippen LogP contribution in [0, 0.1) is 6.92 Å². The quantitative estimate of drug-likeness (QED) is 0.929. The second-order valence-corrected chi connectivity index (χ2v) is 5.38. The van der Waals surface area contributed by atoms with Gasteiger partial charge in [-0.15, -0.1) is 0 Å². The van der Waals surface area contributed by atoms with Crippen LogP contribution in [0.4, 0.5) is 5.82 Å². The molecule has 0 spiro atoms. The normalized spacial score (nSPS) is 13.3. The van der Waals surface area contributed by atoms with E-state index < -0.39 is 0 Å². The van der Waals surface area contributed by atoms with Gasteiger partial charge in [0.2, 0.25) is 0 Å². The number of nitrogens with zero attached hydrogens (tertiary/aromatic N) is 3. The van der Waals surface area contributed by atoms with E-state index in [0.717, 1.165) is 22.8 Å². The van der Waals surface area contributed by atoms with Crippen LogP contribution in [-0.2, 0) is 6.54 Å². The molecule has 0 aromatic carbocycles. The first-order chi connectivity index (χ1) is 9.65. The van der Waals surface area contributed by atoms with Crippen LogP contribution in [0.2, 0.25) is 0 Å². The van der Waals surface area contributed by atoms with Crippen LogP contribution in [0.1, 0.15) is 36.2 Å². The number of aromatic nitrogens is 2. The lowest BCUT2D eigenvalue weighted by Gasteiger charge is -2.14. The fourth-order valence-corrected chi connectivity index (χ4v) is 2.40. The zero-order chi connectivity index (χ0) is 14.1. The predicted molar refractivity (Wildman–Crippen MR) is 81.3 cm³/mol. The van der Waals surface area contributed by atoms with Gasteiger partial charge in [-0.05, 0) is 50.1 Å². The number of aliphatic imine (C=N–C) groups is 1. The fraction of sp³-hybridized carbons (Fsp3) is 0.312. The van der Waals surface area contributed by atoms with Crippen molar-refractivity contribution in [2.75, 3.05) is 5.32 Å². The fourth-order valence-electron chi connectivity index (χ4n) is 2.40. The van der Waals surface area contributed by atoms with Gasteiger partial charge in [-0.25, -0.2) is 4.98 Å². The molecule has 102 valence electrons. The first-order valence-corrected chi connectivity index (χ1v) is 6.87. The molecule has 4 nitrogen and oxygen atoms in total. The van der Waals surface area contributed by atoms with Gasteiger partial charge in [0.1, 0.15) is 5.82 Å². The van der Waals surface area contributed by atoms with Crippen molar-refractivity contribution in [1.82, 2.24) is 9.97 Å². The molecule has 2 aromatic rings. The van der Waals surface area contributed by atoms with Crippen molar-refractivity contribution in [1.29, 1.82) is 0 Å². The molecule has 0 amide bonds. The number of anilines is 1. The molecule has 3 rings (SSSR count). The molecule has 0 unspecified atom stereocenters. The molecular formula is C16H18N4. The van der Waals surface area contributed by atoms with Crippen LogP contribution in [0.3, 0.4) is 0 Å². The Balaban J connectivity index is 2.08. The Morgan fingerprint density at radius 1 is 1.15 bits per heavy atom. The number of rotatable bonds is 3. The van der Waals surface area contributed by atoms with Gasteiger partial charge in [0.05, 0.1) is 18.0 Å². The highest BCUT2D eigenvalue weighted by Gasteiger charge is 2.23. The molecule has 0 aliphatic carbocycles. The van der Waals surface area contributed by atoms with Crippen molar-refractivity contribution < 1.29 is 0 Å². The average Bonchev–Trinajstić information content (AvgIpc) is 2.83. The molecule has 0 radical (unpaired) electrons. The Labute approximate surface area is 119 Å². The van der Waals surface area contributed by atoms with Gasteiger partial charge in [-0.3, -0.25) is 9.98 Å². The SMILES string of the molecule is Cc1ccnc(C2=NCc3ccnc(NC(C)C)c32)c1. The Bertz CT molecular complexity index is 674. The van der Waals surface area contributed by atoms with E-state index in [2.05, 4.69) is 47.1 Å². The first-order valence-electron chi connectivity index (χ1n) is 6.87. The lowest BCUT2D eigenvalue weighted by atomic mass is 10.0. The highest BCUT2D eigenvalue weighted by atomic mass is 15.0. The molecule has 1 N–H and O–H groups in total. The Morgan fingerprint density at radius 2 is 1.95 bits per heavy atom. The van der Waals surface area contributed by atoms with E-state index in [1.165, 1.54) is 11.1 Å². The Kier molecular flexibility index (Phi) is 3.22. The molecular weight excluding hydrogens is 248 g/mol. The Morgan fingerprint density at radius 3 is 2.70 bits per heavy atom. The lowest BCUT2D eigenvalue weighted by Crippen LogP contribution is -2.16. The topological polar surface area (TPSA) is 50.2 Å². The maximum Gasteiger partial charge on any atom is 0.136 e. The second-order valence-electron chi connectivity index (χ2n) is 5.38. The summed E-state index contributed by atoms with van der Waals surface area (Å²) in [5, 5.41) is 3.40. The second kappa shape index (κ2) is 5.04. The zero-order valence-electron chi connectivity index (χ0n) is 12.0. The van der Waals surface area contributed by atoms with Crippen molar-refractivity contribution in [3.05, 3.63) is 53.0 Å². The highest BCUT2D eigenvalue weighted by molar-refractivity contribution is 6.16. The summed E-state index contributed by atoms with van der Waals surface area (Å²) in [7, 11) is 0. The van der Waals surface area contributed by atoms with E-state index in [0.29, 0.717) is 12.6 Å². The van der Waals surface area contributed by atoms with Crippen molar-refractivity contribution >= 4 is 11.5 Å². The standard InChI is InChI=1S/C16H18N4/c1-10(2)20-16-14-12(5-7-18-16)9-19-15(14)13-8-11(3)4-6-17-13/h4-8,10H,9H2,1-3H3,(H,18,20). The third-order valence-corrected chi connectivity index (χ3v) is 3.27. The third-order valence-electron chi connectivity index (χ3n) is 3.27. The van der Waals surface area contributed by atoms with Crippen LogP contribution in [0.15, 0.2) is 35.6 Å². The van der Waals surface area contributed by atoms with Gasteiger partial charge in [-0.1, -0.05) is 0 Å². The van der Waals surface area contributed by atoms with Crippen molar-refractivity contribution in [2.45, 2.75) is 33.4 Å². The summed E-state index contributed by atoms with van der Waals surface area (Å²) in [6, 6.07) is 6.44. The predicted octanol–water partition coefficient (Wildman–Crippen LogP) is 2.96.